The van der Waals surface area contributed by atoms with Crippen molar-refractivity contribution in [2.24, 2.45) is 5.92 Å². The molecular formula is C18H36. The van der Waals surface area contributed by atoms with Gasteiger partial charge in [0.1, 0.15) is 0 Å². The van der Waals surface area contributed by atoms with Gasteiger partial charge in [0, 0.05) is 0 Å². The smallest absolute Gasteiger partial charge is 0.0414 e. The Morgan fingerprint density at radius 1 is 0.611 bits per heavy atom. The van der Waals surface area contributed by atoms with Gasteiger partial charge in [-0.15, -0.1) is 0 Å². The third kappa shape index (κ3) is 9.00. The topological polar surface area (TPSA) is 0 Å². The number of hydrogen-bond donors (Lipinski definition) is 0. The van der Waals surface area contributed by atoms with Crippen LogP contribution in [0.4, 0.5) is 0 Å². The summed E-state index contributed by atoms with van der Waals surface area (Å²) in [6, 6.07) is 0. The maximum absolute atomic E-state index is 2.30. The highest BCUT2D eigenvalue weighted by atomic mass is 14.2. The Labute approximate surface area is 116 Å². The van der Waals surface area contributed by atoms with E-state index in [2.05, 4.69) is 6.92 Å². The standard InChI is InChI=1S/C18H36/c1-2-3-4-5-6-7-8-9-12-15-18-16-13-10-11-14-17-18/h18H,2-17H2,1H3. The monoisotopic (exact) mass is 252 g/mol. The van der Waals surface area contributed by atoms with E-state index in [1.54, 1.807) is 0 Å². The molecule has 0 heteroatoms. The minimum Gasteiger partial charge on any atom is -0.0654 e. The zero-order valence-electron chi connectivity index (χ0n) is 12.9. The fourth-order valence-electron chi connectivity index (χ4n) is 3.40. The average molecular weight is 252 g/mol. The third-order valence-corrected chi connectivity index (χ3v) is 4.69. The van der Waals surface area contributed by atoms with Gasteiger partial charge < -0.3 is 0 Å². The highest BCUT2D eigenvalue weighted by molar-refractivity contribution is 4.64. The predicted octanol–water partition coefficient (Wildman–Crippen LogP) is 6.88. The van der Waals surface area contributed by atoms with E-state index in [4.69, 9.17) is 0 Å². The molecule has 0 radical (unpaired) electrons. The highest BCUT2D eigenvalue weighted by Gasteiger charge is 2.11. The van der Waals surface area contributed by atoms with Crippen molar-refractivity contribution in [1.82, 2.24) is 0 Å². The van der Waals surface area contributed by atoms with Crippen molar-refractivity contribution in [3.63, 3.8) is 0 Å². The van der Waals surface area contributed by atoms with Crippen LogP contribution in [0.15, 0.2) is 0 Å². The summed E-state index contributed by atoms with van der Waals surface area (Å²) in [5, 5.41) is 0. The second-order valence-electron chi connectivity index (χ2n) is 6.47. The number of unbranched alkanes of at least 4 members (excludes halogenated alkanes) is 8. The molecule has 0 atom stereocenters. The summed E-state index contributed by atoms with van der Waals surface area (Å²) < 4.78 is 0. The molecule has 0 nitrogen and oxygen atoms in total. The first-order valence-corrected chi connectivity index (χ1v) is 8.93. The average Bonchev–Trinajstić information content (AvgIpc) is 2.65. The summed E-state index contributed by atoms with van der Waals surface area (Å²) in [7, 11) is 0. The summed E-state index contributed by atoms with van der Waals surface area (Å²) in [5.74, 6) is 1.09. The molecule has 0 aromatic carbocycles. The van der Waals surface area contributed by atoms with Gasteiger partial charge in [0.25, 0.3) is 0 Å². The van der Waals surface area contributed by atoms with Crippen LogP contribution in [0.25, 0.3) is 0 Å². The van der Waals surface area contributed by atoms with E-state index in [1.165, 1.54) is 103 Å². The molecule has 0 saturated heterocycles. The molecule has 0 aromatic rings. The first-order chi connectivity index (χ1) is 8.93. The maximum atomic E-state index is 2.30. The lowest BCUT2D eigenvalue weighted by Crippen LogP contribution is -1.98. The van der Waals surface area contributed by atoms with Crippen LogP contribution in [-0.2, 0) is 0 Å². The van der Waals surface area contributed by atoms with Gasteiger partial charge in [-0.3, -0.25) is 0 Å². The summed E-state index contributed by atoms with van der Waals surface area (Å²) in [4.78, 5) is 0. The van der Waals surface area contributed by atoms with E-state index >= 15 is 0 Å². The summed E-state index contributed by atoms with van der Waals surface area (Å²) in [6.45, 7) is 2.30. The molecule has 1 aliphatic carbocycles. The Hall–Kier alpha value is 0. The summed E-state index contributed by atoms with van der Waals surface area (Å²) >= 11 is 0. The van der Waals surface area contributed by atoms with Crippen molar-refractivity contribution in [3.8, 4) is 0 Å². The molecule has 0 unspecified atom stereocenters. The van der Waals surface area contributed by atoms with Gasteiger partial charge in [0.2, 0.25) is 0 Å². The van der Waals surface area contributed by atoms with E-state index in [9.17, 15) is 0 Å². The normalized spacial score (nSPS) is 17.8. The minimum atomic E-state index is 1.09. The van der Waals surface area contributed by atoms with Crippen molar-refractivity contribution in [1.29, 1.82) is 0 Å². The van der Waals surface area contributed by atoms with Crippen molar-refractivity contribution in [2.75, 3.05) is 0 Å². The van der Waals surface area contributed by atoms with E-state index in [-0.39, 0.29) is 0 Å². The predicted molar refractivity (Wildman–Crippen MR) is 83.0 cm³/mol. The van der Waals surface area contributed by atoms with Crippen molar-refractivity contribution >= 4 is 0 Å². The minimum absolute atomic E-state index is 1.09. The molecule has 1 rings (SSSR count). The zero-order chi connectivity index (χ0) is 12.9. The second kappa shape index (κ2) is 12.1. The van der Waals surface area contributed by atoms with E-state index in [1.807, 2.05) is 0 Å². The van der Waals surface area contributed by atoms with Crippen LogP contribution in [0.5, 0.6) is 0 Å². The molecule has 0 heterocycles. The van der Waals surface area contributed by atoms with E-state index < -0.39 is 0 Å². The van der Waals surface area contributed by atoms with Gasteiger partial charge in [0.15, 0.2) is 0 Å². The van der Waals surface area contributed by atoms with Crippen LogP contribution < -0.4 is 0 Å². The van der Waals surface area contributed by atoms with Gasteiger partial charge in [0.05, 0.1) is 0 Å². The van der Waals surface area contributed by atoms with Crippen LogP contribution in [0.3, 0.4) is 0 Å². The fourth-order valence-corrected chi connectivity index (χ4v) is 3.40. The number of rotatable bonds is 10. The molecule has 0 aliphatic heterocycles. The lowest BCUT2D eigenvalue weighted by molar-refractivity contribution is 0.404. The van der Waals surface area contributed by atoms with Crippen LogP contribution in [0.1, 0.15) is 110 Å². The first-order valence-electron chi connectivity index (χ1n) is 8.93. The third-order valence-electron chi connectivity index (χ3n) is 4.69. The lowest BCUT2D eigenvalue weighted by atomic mass is 9.93. The molecular weight excluding hydrogens is 216 g/mol. The Bertz CT molecular complexity index is 153. The van der Waals surface area contributed by atoms with Gasteiger partial charge >= 0.3 is 0 Å². The number of hydrogen-bond acceptors (Lipinski definition) is 0. The van der Waals surface area contributed by atoms with Gasteiger partial charge in [-0.05, 0) is 5.92 Å². The highest BCUT2D eigenvalue weighted by Crippen LogP contribution is 2.27. The Morgan fingerprint density at radius 3 is 1.67 bits per heavy atom. The van der Waals surface area contributed by atoms with Gasteiger partial charge in [-0.25, -0.2) is 0 Å². The molecule has 0 bridgehead atoms. The van der Waals surface area contributed by atoms with Crippen molar-refractivity contribution in [3.05, 3.63) is 0 Å². The molecule has 18 heavy (non-hydrogen) atoms. The maximum Gasteiger partial charge on any atom is -0.0414 e. The van der Waals surface area contributed by atoms with E-state index in [0.29, 0.717) is 0 Å². The Kier molecular flexibility index (Phi) is 10.8. The second-order valence-corrected chi connectivity index (χ2v) is 6.47. The molecule has 1 aliphatic rings. The first kappa shape index (κ1) is 16.1. The largest absolute Gasteiger partial charge is 0.0654 e. The van der Waals surface area contributed by atoms with Crippen molar-refractivity contribution in [2.45, 2.75) is 110 Å². The molecule has 0 spiro atoms. The summed E-state index contributed by atoms with van der Waals surface area (Å²) in [5.41, 5.74) is 0. The molecule has 108 valence electrons. The Morgan fingerprint density at radius 2 is 1.11 bits per heavy atom. The van der Waals surface area contributed by atoms with E-state index in [0.717, 1.165) is 5.92 Å². The lowest BCUT2D eigenvalue weighted by Gasteiger charge is -2.13. The van der Waals surface area contributed by atoms with Crippen molar-refractivity contribution < 1.29 is 0 Å². The van der Waals surface area contributed by atoms with Gasteiger partial charge in [-0.1, -0.05) is 110 Å². The quantitative estimate of drug-likeness (QED) is 0.294. The molecule has 0 N–H and O–H groups in total. The van der Waals surface area contributed by atoms with Crippen LogP contribution in [0.2, 0.25) is 0 Å². The van der Waals surface area contributed by atoms with Crippen LogP contribution in [0, 0.1) is 5.92 Å². The SMILES string of the molecule is CCCCCCCCCCCC1CCCCCC1. The van der Waals surface area contributed by atoms with Crippen LogP contribution >= 0.6 is 0 Å². The fraction of sp³-hybridized carbons (Fsp3) is 1.00. The van der Waals surface area contributed by atoms with Gasteiger partial charge in [-0.2, -0.15) is 0 Å². The molecule has 0 amide bonds. The Balaban J connectivity index is 1.80. The zero-order valence-corrected chi connectivity index (χ0v) is 12.9. The molecule has 1 fully saturated rings. The molecule has 1 saturated carbocycles. The van der Waals surface area contributed by atoms with Crippen LogP contribution in [-0.4, -0.2) is 0 Å². The molecule has 0 aromatic heterocycles. The summed E-state index contributed by atoms with van der Waals surface area (Å²) in [6.07, 6.45) is 23.9.